The lowest BCUT2D eigenvalue weighted by atomic mass is 10.2. The van der Waals surface area contributed by atoms with E-state index in [0.29, 0.717) is 30.7 Å². The molecule has 0 saturated carbocycles. The van der Waals surface area contributed by atoms with Gasteiger partial charge in [-0.3, -0.25) is 4.79 Å². The van der Waals surface area contributed by atoms with Gasteiger partial charge in [0.25, 0.3) is 5.22 Å². The first-order valence-electron chi connectivity index (χ1n) is 7.44. The Morgan fingerprint density at radius 2 is 2.12 bits per heavy atom. The molecule has 0 fully saturated rings. The molecule has 7 nitrogen and oxygen atoms in total. The van der Waals surface area contributed by atoms with Crippen LogP contribution in [-0.2, 0) is 4.79 Å². The maximum absolute atomic E-state index is 11.9. The van der Waals surface area contributed by atoms with Crippen molar-refractivity contribution in [2.75, 3.05) is 26.0 Å². The van der Waals surface area contributed by atoms with Crippen LogP contribution in [0.2, 0.25) is 0 Å². The van der Waals surface area contributed by atoms with Crippen molar-refractivity contribution >= 4 is 17.7 Å². The average Bonchev–Trinajstić information content (AvgIpc) is 3.07. The van der Waals surface area contributed by atoms with Crippen LogP contribution in [0.15, 0.2) is 33.9 Å². The summed E-state index contributed by atoms with van der Waals surface area (Å²) >= 11 is 1.18. The second-order valence-electron chi connectivity index (χ2n) is 4.84. The summed E-state index contributed by atoms with van der Waals surface area (Å²) in [5.41, 5.74) is 0.787. The van der Waals surface area contributed by atoms with E-state index in [1.54, 1.807) is 7.05 Å². The van der Waals surface area contributed by atoms with Crippen LogP contribution in [0.4, 0.5) is 0 Å². The van der Waals surface area contributed by atoms with E-state index in [1.165, 1.54) is 16.7 Å². The van der Waals surface area contributed by atoms with Crippen LogP contribution < -0.4 is 4.74 Å². The van der Waals surface area contributed by atoms with Crippen molar-refractivity contribution in [3.63, 3.8) is 0 Å². The normalized spacial score (nSPS) is 10.2. The molecule has 0 saturated heterocycles. The van der Waals surface area contributed by atoms with Gasteiger partial charge in [0.1, 0.15) is 5.75 Å². The van der Waals surface area contributed by atoms with Gasteiger partial charge in [-0.05, 0) is 31.2 Å². The highest BCUT2D eigenvalue weighted by molar-refractivity contribution is 7.99. The molecular formula is C16H18N4O3S. The van der Waals surface area contributed by atoms with Crippen molar-refractivity contribution in [3.05, 3.63) is 24.3 Å². The van der Waals surface area contributed by atoms with Gasteiger partial charge in [0.05, 0.1) is 24.8 Å². The van der Waals surface area contributed by atoms with Gasteiger partial charge in [0.2, 0.25) is 11.8 Å². The molecule has 126 valence electrons. The number of nitriles is 1. The fourth-order valence-corrected chi connectivity index (χ4v) is 2.52. The molecule has 0 atom stereocenters. The molecule has 1 aromatic carbocycles. The molecular weight excluding hydrogens is 328 g/mol. The Morgan fingerprint density at radius 1 is 1.38 bits per heavy atom. The Morgan fingerprint density at radius 3 is 2.79 bits per heavy atom. The number of hydrogen-bond acceptors (Lipinski definition) is 7. The SMILES string of the molecule is CCOc1ccc(-c2nnc(SCC(=O)N(C)CCC#N)o2)cc1. The van der Waals surface area contributed by atoms with Gasteiger partial charge < -0.3 is 14.1 Å². The molecule has 2 aromatic rings. The van der Waals surface area contributed by atoms with E-state index in [1.807, 2.05) is 37.3 Å². The van der Waals surface area contributed by atoms with E-state index in [4.69, 9.17) is 14.4 Å². The number of amides is 1. The van der Waals surface area contributed by atoms with Crippen LogP contribution in [0, 0.1) is 11.3 Å². The van der Waals surface area contributed by atoms with Gasteiger partial charge in [0, 0.05) is 19.2 Å². The third kappa shape index (κ3) is 4.99. The summed E-state index contributed by atoms with van der Waals surface area (Å²) in [5, 5.41) is 16.8. The van der Waals surface area contributed by atoms with Gasteiger partial charge in [0.15, 0.2) is 0 Å². The average molecular weight is 346 g/mol. The minimum Gasteiger partial charge on any atom is -0.494 e. The molecule has 0 aliphatic heterocycles. The van der Waals surface area contributed by atoms with Crippen molar-refractivity contribution < 1.29 is 13.9 Å². The van der Waals surface area contributed by atoms with E-state index in [-0.39, 0.29) is 11.7 Å². The van der Waals surface area contributed by atoms with E-state index >= 15 is 0 Å². The zero-order valence-electron chi connectivity index (χ0n) is 13.6. The molecule has 0 aliphatic rings. The molecule has 0 radical (unpaired) electrons. The molecule has 0 bridgehead atoms. The predicted octanol–water partition coefficient (Wildman–Crippen LogP) is 2.60. The number of thioether (sulfide) groups is 1. The standard InChI is InChI=1S/C16H18N4O3S/c1-3-22-13-7-5-12(6-8-13)15-18-19-16(23-15)24-11-14(21)20(2)10-4-9-17/h5-8H,3-4,10-11H2,1-2H3. The topological polar surface area (TPSA) is 92.3 Å². The molecule has 0 aliphatic carbocycles. The number of rotatable bonds is 8. The Kier molecular flexibility index (Phi) is 6.63. The number of nitrogens with zero attached hydrogens (tertiary/aromatic N) is 4. The molecule has 1 heterocycles. The van der Waals surface area contributed by atoms with E-state index in [9.17, 15) is 4.79 Å². The molecule has 1 amide bonds. The summed E-state index contributed by atoms with van der Waals surface area (Å²) in [6.07, 6.45) is 0.315. The van der Waals surface area contributed by atoms with Crippen LogP contribution in [0.25, 0.3) is 11.5 Å². The molecule has 24 heavy (non-hydrogen) atoms. The molecule has 2 rings (SSSR count). The Bertz CT molecular complexity index is 709. The second-order valence-corrected chi connectivity index (χ2v) is 5.77. The number of carbonyl (C=O) groups is 1. The second kappa shape index (κ2) is 8.93. The first-order valence-corrected chi connectivity index (χ1v) is 8.43. The predicted molar refractivity (Wildman–Crippen MR) is 89.5 cm³/mol. The summed E-state index contributed by atoms with van der Waals surface area (Å²) in [6.45, 7) is 2.95. The van der Waals surface area contributed by atoms with Gasteiger partial charge in [-0.1, -0.05) is 11.8 Å². The Labute approximate surface area is 144 Å². The van der Waals surface area contributed by atoms with E-state index in [0.717, 1.165) is 11.3 Å². The zero-order chi connectivity index (χ0) is 17.4. The van der Waals surface area contributed by atoms with Crippen LogP contribution >= 0.6 is 11.8 Å². The maximum Gasteiger partial charge on any atom is 0.277 e. The summed E-state index contributed by atoms with van der Waals surface area (Å²) in [5.74, 6) is 1.27. The fraction of sp³-hybridized carbons (Fsp3) is 0.375. The van der Waals surface area contributed by atoms with Gasteiger partial charge >= 0.3 is 0 Å². The van der Waals surface area contributed by atoms with Crippen molar-refractivity contribution in [1.29, 1.82) is 5.26 Å². The zero-order valence-corrected chi connectivity index (χ0v) is 14.4. The molecule has 0 spiro atoms. The summed E-state index contributed by atoms with van der Waals surface area (Å²) < 4.78 is 10.9. The highest BCUT2D eigenvalue weighted by Gasteiger charge is 2.13. The number of ether oxygens (including phenoxy) is 1. The number of aromatic nitrogens is 2. The quantitative estimate of drug-likeness (QED) is 0.678. The summed E-state index contributed by atoms with van der Waals surface area (Å²) in [7, 11) is 1.67. The minimum absolute atomic E-state index is 0.0870. The van der Waals surface area contributed by atoms with E-state index in [2.05, 4.69) is 10.2 Å². The lowest BCUT2D eigenvalue weighted by Crippen LogP contribution is -2.29. The van der Waals surface area contributed by atoms with Crippen molar-refractivity contribution in [3.8, 4) is 23.3 Å². The summed E-state index contributed by atoms with van der Waals surface area (Å²) in [4.78, 5) is 13.4. The van der Waals surface area contributed by atoms with Crippen LogP contribution in [0.3, 0.4) is 0 Å². The highest BCUT2D eigenvalue weighted by Crippen LogP contribution is 2.25. The number of carbonyl (C=O) groups excluding carboxylic acids is 1. The molecule has 0 unspecified atom stereocenters. The van der Waals surface area contributed by atoms with Crippen molar-refractivity contribution in [2.24, 2.45) is 0 Å². The largest absolute Gasteiger partial charge is 0.494 e. The Balaban J connectivity index is 1.91. The van der Waals surface area contributed by atoms with Gasteiger partial charge in [-0.15, -0.1) is 10.2 Å². The highest BCUT2D eigenvalue weighted by atomic mass is 32.2. The third-order valence-corrected chi connectivity index (χ3v) is 3.93. The molecule has 8 heteroatoms. The van der Waals surface area contributed by atoms with Crippen LogP contribution in [-0.4, -0.2) is 47.0 Å². The van der Waals surface area contributed by atoms with Crippen LogP contribution in [0.1, 0.15) is 13.3 Å². The smallest absolute Gasteiger partial charge is 0.277 e. The first-order chi connectivity index (χ1) is 11.6. The number of benzene rings is 1. The maximum atomic E-state index is 11.9. The lowest BCUT2D eigenvalue weighted by Gasteiger charge is -2.13. The lowest BCUT2D eigenvalue weighted by molar-refractivity contribution is -0.127. The molecule has 0 N–H and O–H groups in total. The molecule has 1 aromatic heterocycles. The van der Waals surface area contributed by atoms with Gasteiger partial charge in [-0.2, -0.15) is 5.26 Å². The van der Waals surface area contributed by atoms with Gasteiger partial charge in [-0.25, -0.2) is 0 Å². The first kappa shape index (κ1) is 17.8. The number of hydrogen-bond donors (Lipinski definition) is 0. The van der Waals surface area contributed by atoms with Crippen molar-refractivity contribution in [1.82, 2.24) is 15.1 Å². The van der Waals surface area contributed by atoms with E-state index < -0.39 is 0 Å². The minimum atomic E-state index is -0.0870. The summed E-state index contributed by atoms with van der Waals surface area (Å²) in [6, 6.07) is 9.37. The van der Waals surface area contributed by atoms with Crippen LogP contribution in [0.5, 0.6) is 5.75 Å². The Hall–Kier alpha value is -2.53. The fourth-order valence-electron chi connectivity index (χ4n) is 1.82. The monoisotopic (exact) mass is 346 g/mol. The third-order valence-electron chi connectivity index (χ3n) is 3.12. The van der Waals surface area contributed by atoms with Crippen molar-refractivity contribution in [2.45, 2.75) is 18.6 Å².